The van der Waals surface area contributed by atoms with Crippen LogP contribution in [-0.4, -0.2) is 22.4 Å². The Morgan fingerprint density at radius 2 is 2.00 bits per heavy atom. The van der Waals surface area contributed by atoms with Crippen molar-refractivity contribution in [1.29, 1.82) is 0 Å². The van der Waals surface area contributed by atoms with Gasteiger partial charge in [0.05, 0.1) is 18.3 Å². The lowest BCUT2D eigenvalue weighted by molar-refractivity contribution is -0.274. The summed E-state index contributed by atoms with van der Waals surface area (Å²) in [5.41, 5.74) is 0.276. The van der Waals surface area contributed by atoms with Crippen LogP contribution in [0.15, 0.2) is 36.5 Å². The zero-order valence-electron chi connectivity index (χ0n) is 10.9. The monoisotopic (exact) mass is 315 g/mol. The number of aromatic nitrogens is 1. The third kappa shape index (κ3) is 4.18. The SMILES string of the molecule is O=C(O)Cc1cc(-c2cccc(OC(F)(F)F)c2)ncc1F. The number of carboxylic acids is 1. The van der Waals surface area contributed by atoms with E-state index in [1.807, 2.05) is 0 Å². The average Bonchev–Trinajstić information content (AvgIpc) is 2.39. The number of pyridine rings is 1. The third-order valence-corrected chi connectivity index (χ3v) is 2.64. The first kappa shape index (κ1) is 15.7. The molecule has 1 aromatic heterocycles. The molecule has 0 atom stereocenters. The van der Waals surface area contributed by atoms with Gasteiger partial charge in [0, 0.05) is 11.1 Å². The number of nitrogens with zero attached hydrogens (tertiary/aromatic N) is 1. The van der Waals surface area contributed by atoms with E-state index in [1.165, 1.54) is 18.2 Å². The van der Waals surface area contributed by atoms with Gasteiger partial charge in [-0.25, -0.2) is 4.39 Å². The molecule has 0 aliphatic carbocycles. The predicted octanol–water partition coefficient (Wildman–Crippen LogP) is 3.41. The van der Waals surface area contributed by atoms with E-state index >= 15 is 0 Å². The molecule has 0 aliphatic heterocycles. The zero-order chi connectivity index (χ0) is 16.3. The summed E-state index contributed by atoms with van der Waals surface area (Å²) in [6.07, 6.45) is -4.56. The van der Waals surface area contributed by atoms with Crippen LogP contribution in [0.3, 0.4) is 0 Å². The van der Waals surface area contributed by atoms with Crippen molar-refractivity contribution in [1.82, 2.24) is 4.98 Å². The number of hydrogen-bond donors (Lipinski definition) is 1. The van der Waals surface area contributed by atoms with Gasteiger partial charge in [0.1, 0.15) is 11.6 Å². The van der Waals surface area contributed by atoms with Crippen molar-refractivity contribution in [2.75, 3.05) is 0 Å². The maximum absolute atomic E-state index is 13.4. The molecule has 0 saturated carbocycles. The summed E-state index contributed by atoms with van der Waals surface area (Å²) >= 11 is 0. The minimum atomic E-state index is -4.83. The predicted molar refractivity (Wildman–Crippen MR) is 67.7 cm³/mol. The molecule has 22 heavy (non-hydrogen) atoms. The fourth-order valence-electron chi connectivity index (χ4n) is 1.79. The Kier molecular flexibility index (Phi) is 4.30. The largest absolute Gasteiger partial charge is 0.573 e. The van der Waals surface area contributed by atoms with Crippen molar-refractivity contribution >= 4 is 5.97 Å². The molecule has 116 valence electrons. The minimum Gasteiger partial charge on any atom is -0.481 e. The molecule has 2 aromatic rings. The highest BCUT2D eigenvalue weighted by Crippen LogP contribution is 2.27. The number of halogens is 4. The van der Waals surface area contributed by atoms with Crippen molar-refractivity contribution in [3.05, 3.63) is 47.9 Å². The van der Waals surface area contributed by atoms with Crippen LogP contribution in [-0.2, 0) is 11.2 Å². The van der Waals surface area contributed by atoms with E-state index in [2.05, 4.69) is 9.72 Å². The summed E-state index contributed by atoms with van der Waals surface area (Å²) in [5, 5.41) is 8.69. The quantitative estimate of drug-likeness (QED) is 0.878. The summed E-state index contributed by atoms with van der Waals surface area (Å²) in [4.78, 5) is 14.4. The first-order chi connectivity index (χ1) is 10.2. The molecular weight excluding hydrogens is 306 g/mol. The number of hydrogen-bond acceptors (Lipinski definition) is 3. The molecule has 0 amide bonds. The van der Waals surface area contributed by atoms with Gasteiger partial charge in [0.25, 0.3) is 0 Å². The second-order valence-electron chi connectivity index (χ2n) is 4.31. The first-order valence-electron chi connectivity index (χ1n) is 5.97. The lowest BCUT2D eigenvalue weighted by Crippen LogP contribution is -2.17. The second kappa shape index (κ2) is 6.00. The van der Waals surface area contributed by atoms with E-state index in [0.29, 0.717) is 0 Å². The lowest BCUT2D eigenvalue weighted by atomic mass is 10.1. The highest BCUT2D eigenvalue weighted by Gasteiger charge is 2.31. The van der Waals surface area contributed by atoms with Gasteiger partial charge in [0.15, 0.2) is 0 Å². The summed E-state index contributed by atoms with van der Waals surface area (Å²) in [6, 6.07) is 6.14. The number of aliphatic carboxylic acids is 1. The van der Waals surface area contributed by atoms with Crippen LogP contribution in [0.1, 0.15) is 5.56 Å². The Labute approximate surface area is 122 Å². The molecule has 0 bridgehead atoms. The molecule has 8 heteroatoms. The third-order valence-electron chi connectivity index (χ3n) is 2.64. The van der Waals surface area contributed by atoms with Crippen molar-refractivity contribution in [2.45, 2.75) is 12.8 Å². The number of carboxylic acid groups (broad SMARTS) is 1. The Bertz CT molecular complexity index is 701. The summed E-state index contributed by atoms with van der Waals surface area (Å²) in [6.45, 7) is 0. The molecule has 0 saturated heterocycles. The average molecular weight is 315 g/mol. The van der Waals surface area contributed by atoms with E-state index in [1.54, 1.807) is 0 Å². The Morgan fingerprint density at radius 3 is 2.64 bits per heavy atom. The number of carbonyl (C=O) groups is 1. The number of ether oxygens (including phenoxy) is 1. The highest BCUT2D eigenvalue weighted by atomic mass is 19.4. The maximum atomic E-state index is 13.4. The van der Waals surface area contributed by atoms with Crippen molar-refractivity contribution in [2.24, 2.45) is 0 Å². The van der Waals surface area contributed by atoms with Gasteiger partial charge < -0.3 is 9.84 Å². The fourth-order valence-corrected chi connectivity index (χ4v) is 1.79. The molecular formula is C14H9F4NO3. The molecule has 2 rings (SSSR count). The van der Waals surface area contributed by atoms with Crippen LogP contribution in [0.2, 0.25) is 0 Å². The lowest BCUT2D eigenvalue weighted by Gasteiger charge is -2.10. The van der Waals surface area contributed by atoms with Crippen LogP contribution in [0, 0.1) is 5.82 Å². The minimum absolute atomic E-state index is 0.111. The molecule has 1 heterocycles. The van der Waals surface area contributed by atoms with Crippen molar-refractivity contribution in [3.63, 3.8) is 0 Å². The first-order valence-corrected chi connectivity index (χ1v) is 5.97. The summed E-state index contributed by atoms with van der Waals surface area (Å²) < 4.78 is 53.8. The second-order valence-corrected chi connectivity index (χ2v) is 4.31. The van der Waals surface area contributed by atoms with Gasteiger partial charge in [-0.05, 0) is 18.2 Å². The normalized spacial score (nSPS) is 11.3. The Hall–Kier alpha value is -2.64. The molecule has 0 aliphatic rings. The number of alkyl halides is 3. The summed E-state index contributed by atoms with van der Waals surface area (Å²) in [5.74, 6) is -2.48. The smallest absolute Gasteiger partial charge is 0.481 e. The highest BCUT2D eigenvalue weighted by molar-refractivity contribution is 5.71. The van der Waals surface area contributed by atoms with Gasteiger partial charge in [0.2, 0.25) is 0 Å². The topological polar surface area (TPSA) is 59.4 Å². The van der Waals surface area contributed by atoms with Crippen LogP contribution >= 0.6 is 0 Å². The van der Waals surface area contributed by atoms with Crippen LogP contribution in [0.25, 0.3) is 11.3 Å². The molecule has 0 radical (unpaired) electrons. The molecule has 0 spiro atoms. The number of rotatable bonds is 4. The van der Waals surface area contributed by atoms with E-state index in [0.717, 1.165) is 18.3 Å². The van der Waals surface area contributed by atoms with Crippen LogP contribution in [0.4, 0.5) is 17.6 Å². The molecule has 0 unspecified atom stereocenters. The fraction of sp³-hybridized carbons (Fsp3) is 0.143. The van der Waals surface area contributed by atoms with Gasteiger partial charge >= 0.3 is 12.3 Å². The molecule has 1 N–H and O–H groups in total. The van der Waals surface area contributed by atoms with Gasteiger partial charge in [-0.15, -0.1) is 13.2 Å². The van der Waals surface area contributed by atoms with Gasteiger partial charge in [-0.2, -0.15) is 0 Å². The van der Waals surface area contributed by atoms with E-state index in [4.69, 9.17) is 5.11 Å². The molecule has 1 aromatic carbocycles. The maximum Gasteiger partial charge on any atom is 0.573 e. The zero-order valence-corrected chi connectivity index (χ0v) is 10.9. The van der Waals surface area contributed by atoms with E-state index < -0.39 is 30.3 Å². The Morgan fingerprint density at radius 1 is 1.27 bits per heavy atom. The van der Waals surface area contributed by atoms with Crippen molar-refractivity contribution in [3.8, 4) is 17.0 Å². The molecule has 0 fully saturated rings. The van der Waals surface area contributed by atoms with E-state index in [-0.39, 0.29) is 16.8 Å². The van der Waals surface area contributed by atoms with Gasteiger partial charge in [-0.1, -0.05) is 12.1 Å². The number of benzene rings is 1. The van der Waals surface area contributed by atoms with Crippen LogP contribution < -0.4 is 4.74 Å². The van der Waals surface area contributed by atoms with Gasteiger partial charge in [-0.3, -0.25) is 9.78 Å². The van der Waals surface area contributed by atoms with Crippen LogP contribution in [0.5, 0.6) is 5.75 Å². The standard InChI is InChI=1S/C14H9F4NO3/c15-11-7-19-12(5-9(11)6-13(20)21)8-2-1-3-10(4-8)22-14(16,17)18/h1-5,7H,6H2,(H,20,21). The molecule has 4 nitrogen and oxygen atoms in total. The van der Waals surface area contributed by atoms with E-state index in [9.17, 15) is 22.4 Å². The summed E-state index contributed by atoms with van der Waals surface area (Å²) in [7, 11) is 0. The Balaban J connectivity index is 2.35. The van der Waals surface area contributed by atoms with Crippen molar-refractivity contribution < 1.29 is 32.2 Å².